The Morgan fingerprint density at radius 2 is 1.76 bits per heavy atom. The standard InChI is InChI=1S/C15H20N6/c1-19-6-8-20(9-7-19)12-10-21(11-12)14-3-2-13-15(18-14)17-5-4-16-13/h2-5,12H,6-11H2,1H3. The lowest BCUT2D eigenvalue weighted by Gasteiger charge is -2.48. The monoisotopic (exact) mass is 284 g/mol. The van der Waals surface area contributed by atoms with Crippen molar-refractivity contribution < 1.29 is 0 Å². The first-order valence-electron chi connectivity index (χ1n) is 7.55. The summed E-state index contributed by atoms with van der Waals surface area (Å²) in [4.78, 5) is 20.5. The van der Waals surface area contributed by atoms with Crippen molar-refractivity contribution in [3.05, 3.63) is 24.5 Å². The molecular formula is C15H20N6. The van der Waals surface area contributed by atoms with Crippen LogP contribution in [0, 0.1) is 0 Å². The van der Waals surface area contributed by atoms with E-state index in [1.54, 1.807) is 12.4 Å². The lowest BCUT2D eigenvalue weighted by molar-refractivity contribution is 0.0961. The van der Waals surface area contributed by atoms with Gasteiger partial charge in [-0.15, -0.1) is 0 Å². The quantitative estimate of drug-likeness (QED) is 0.798. The van der Waals surface area contributed by atoms with Crippen LogP contribution in [0.5, 0.6) is 0 Å². The second-order valence-electron chi connectivity index (χ2n) is 5.97. The number of rotatable bonds is 2. The zero-order valence-corrected chi connectivity index (χ0v) is 12.3. The smallest absolute Gasteiger partial charge is 0.180 e. The van der Waals surface area contributed by atoms with Crippen LogP contribution >= 0.6 is 0 Å². The molecule has 110 valence electrons. The van der Waals surface area contributed by atoms with Gasteiger partial charge in [0.25, 0.3) is 0 Å². The van der Waals surface area contributed by atoms with E-state index in [9.17, 15) is 0 Å². The fourth-order valence-electron chi connectivity index (χ4n) is 3.08. The molecule has 2 aliphatic rings. The Balaban J connectivity index is 1.42. The molecule has 0 radical (unpaired) electrons. The van der Waals surface area contributed by atoms with Crippen LogP contribution in [0.1, 0.15) is 0 Å². The van der Waals surface area contributed by atoms with Crippen LogP contribution in [0.4, 0.5) is 5.82 Å². The molecule has 0 unspecified atom stereocenters. The summed E-state index contributed by atoms with van der Waals surface area (Å²) in [5.41, 5.74) is 1.59. The van der Waals surface area contributed by atoms with Gasteiger partial charge in [0.15, 0.2) is 5.65 Å². The molecule has 2 aromatic rings. The topological polar surface area (TPSA) is 48.4 Å². The molecule has 2 saturated heterocycles. The average Bonchev–Trinajstić information content (AvgIpc) is 2.48. The number of pyridine rings is 1. The summed E-state index contributed by atoms with van der Waals surface area (Å²) >= 11 is 0. The van der Waals surface area contributed by atoms with Crippen molar-refractivity contribution in [2.75, 3.05) is 51.2 Å². The molecule has 2 aromatic heterocycles. The van der Waals surface area contributed by atoms with E-state index in [0.717, 1.165) is 30.1 Å². The maximum absolute atomic E-state index is 4.61. The van der Waals surface area contributed by atoms with E-state index in [-0.39, 0.29) is 0 Å². The van der Waals surface area contributed by atoms with Gasteiger partial charge in [0.05, 0.1) is 0 Å². The van der Waals surface area contributed by atoms with Gasteiger partial charge in [0.1, 0.15) is 11.3 Å². The van der Waals surface area contributed by atoms with Crippen LogP contribution in [-0.2, 0) is 0 Å². The molecular weight excluding hydrogens is 264 g/mol. The van der Waals surface area contributed by atoms with Crippen LogP contribution in [0.15, 0.2) is 24.5 Å². The van der Waals surface area contributed by atoms with Crippen LogP contribution in [-0.4, -0.2) is 77.1 Å². The van der Waals surface area contributed by atoms with Crippen LogP contribution < -0.4 is 4.90 Å². The van der Waals surface area contributed by atoms with E-state index in [4.69, 9.17) is 0 Å². The summed E-state index contributed by atoms with van der Waals surface area (Å²) in [5.74, 6) is 1.02. The molecule has 0 N–H and O–H groups in total. The number of anilines is 1. The van der Waals surface area contributed by atoms with E-state index in [0.29, 0.717) is 6.04 Å². The van der Waals surface area contributed by atoms with Crippen molar-refractivity contribution >= 4 is 17.0 Å². The van der Waals surface area contributed by atoms with Crippen LogP contribution in [0.25, 0.3) is 11.2 Å². The lowest BCUT2D eigenvalue weighted by atomic mass is 10.1. The Morgan fingerprint density at radius 3 is 2.57 bits per heavy atom. The molecule has 21 heavy (non-hydrogen) atoms. The van der Waals surface area contributed by atoms with Crippen LogP contribution in [0.2, 0.25) is 0 Å². The minimum atomic E-state index is 0.679. The van der Waals surface area contributed by atoms with Gasteiger partial charge in [0.2, 0.25) is 0 Å². The second kappa shape index (κ2) is 5.20. The molecule has 6 nitrogen and oxygen atoms in total. The molecule has 0 spiro atoms. The zero-order valence-electron chi connectivity index (χ0n) is 12.3. The molecule has 0 aliphatic carbocycles. The minimum absolute atomic E-state index is 0.679. The molecule has 0 saturated carbocycles. The van der Waals surface area contributed by atoms with E-state index in [1.165, 1.54) is 26.2 Å². The van der Waals surface area contributed by atoms with Crippen molar-refractivity contribution in [1.82, 2.24) is 24.8 Å². The number of aromatic nitrogens is 3. The Morgan fingerprint density at radius 1 is 1.00 bits per heavy atom. The number of nitrogens with zero attached hydrogens (tertiary/aromatic N) is 6. The first kappa shape index (κ1) is 12.9. The first-order chi connectivity index (χ1) is 10.3. The first-order valence-corrected chi connectivity index (χ1v) is 7.55. The molecule has 2 fully saturated rings. The molecule has 0 bridgehead atoms. The van der Waals surface area contributed by atoms with Gasteiger partial charge in [-0.05, 0) is 19.2 Å². The number of hydrogen-bond acceptors (Lipinski definition) is 6. The van der Waals surface area contributed by atoms with Crippen molar-refractivity contribution in [2.24, 2.45) is 0 Å². The van der Waals surface area contributed by atoms with E-state index >= 15 is 0 Å². The summed E-state index contributed by atoms with van der Waals surface area (Å²) in [6.45, 7) is 6.88. The van der Waals surface area contributed by atoms with E-state index in [2.05, 4.69) is 42.8 Å². The minimum Gasteiger partial charge on any atom is -0.353 e. The predicted octanol–water partition coefficient (Wildman–Crippen LogP) is 0.461. The molecule has 4 heterocycles. The van der Waals surface area contributed by atoms with Gasteiger partial charge in [-0.3, -0.25) is 9.88 Å². The van der Waals surface area contributed by atoms with Gasteiger partial charge in [-0.1, -0.05) is 0 Å². The number of hydrogen-bond donors (Lipinski definition) is 0. The summed E-state index contributed by atoms with van der Waals surface area (Å²) in [5, 5.41) is 0. The van der Waals surface area contributed by atoms with Crippen molar-refractivity contribution in [3.63, 3.8) is 0 Å². The predicted molar refractivity (Wildman–Crippen MR) is 82.4 cm³/mol. The highest BCUT2D eigenvalue weighted by molar-refractivity contribution is 5.71. The van der Waals surface area contributed by atoms with Crippen LogP contribution in [0.3, 0.4) is 0 Å². The zero-order chi connectivity index (χ0) is 14.2. The highest BCUT2D eigenvalue weighted by Crippen LogP contribution is 2.23. The number of piperazine rings is 1. The maximum atomic E-state index is 4.61. The van der Waals surface area contributed by atoms with Gasteiger partial charge in [-0.2, -0.15) is 0 Å². The normalized spacial score (nSPS) is 21.7. The van der Waals surface area contributed by atoms with Gasteiger partial charge in [-0.25, -0.2) is 9.97 Å². The summed E-state index contributed by atoms with van der Waals surface area (Å²) in [6, 6.07) is 4.74. The van der Waals surface area contributed by atoms with Crippen molar-refractivity contribution in [2.45, 2.75) is 6.04 Å². The SMILES string of the molecule is CN1CCN(C2CN(c3ccc4nccnc4n3)C2)CC1. The molecule has 0 aromatic carbocycles. The fourth-order valence-corrected chi connectivity index (χ4v) is 3.08. The van der Waals surface area contributed by atoms with Crippen molar-refractivity contribution in [1.29, 1.82) is 0 Å². The summed E-state index contributed by atoms with van der Waals surface area (Å²) in [7, 11) is 2.20. The summed E-state index contributed by atoms with van der Waals surface area (Å²) < 4.78 is 0. The fraction of sp³-hybridized carbons (Fsp3) is 0.533. The van der Waals surface area contributed by atoms with E-state index < -0.39 is 0 Å². The maximum Gasteiger partial charge on any atom is 0.180 e. The third-order valence-corrected chi connectivity index (χ3v) is 4.56. The van der Waals surface area contributed by atoms with E-state index in [1.807, 2.05) is 6.07 Å². The average molecular weight is 284 g/mol. The third-order valence-electron chi connectivity index (χ3n) is 4.56. The number of fused-ring (bicyclic) bond motifs is 1. The van der Waals surface area contributed by atoms with Gasteiger partial charge in [0, 0.05) is 57.7 Å². The third kappa shape index (κ3) is 2.45. The highest BCUT2D eigenvalue weighted by atomic mass is 15.4. The molecule has 2 aliphatic heterocycles. The molecule has 0 atom stereocenters. The highest BCUT2D eigenvalue weighted by Gasteiger charge is 2.33. The summed E-state index contributed by atoms with van der Waals surface area (Å²) in [6.07, 6.45) is 3.40. The Bertz CT molecular complexity index is 631. The Labute approximate surface area is 124 Å². The molecule has 4 rings (SSSR count). The Hall–Kier alpha value is -1.79. The Kier molecular flexibility index (Phi) is 3.20. The van der Waals surface area contributed by atoms with Crippen molar-refractivity contribution in [3.8, 4) is 0 Å². The molecule has 0 amide bonds. The largest absolute Gasteiger partial charge is 0.353 e. The lowest BCUT2D eigenvalue weighted by Crippen LogP contribution is -2.63. The van der Waals surface area contributed by atoms with Gasteiger partial charge < -0.3 is 9.80 Å². The molecule has 6 heteroatoms. The second-order valence-corrected chi connectivity index (χ2v) is 5.97. The number of likely N-dealkylation sites (N-methyl/N-ethyl adjacent to an activating group) is 1. The van der Waals surface area contributed by atoms with Gasteiger partial charge >= 0.3 is 0 Å².